The number of benzene rings is 1. The average molecular weight is 473 g/mol. The number of nitrogens with one attached hydrogen (secondary N) is 1. The second-order valence-electron chi connectivity index (χ2n) is 9.41. The minimum absolute atomic E-state index is 0.180. The van der Waals surface area contributed by atoms with Crippen molar-refractivity contribution in [1.29, 1.82) is 0 Å². The van der Waals surface area contributed by atoms with Gasteiger partial charge in [0.15, 0.2) is 0 Å². The number of methoxy groups -OCH3 is 1. The smallest absolute Gasteiger partial charge is 0.253 e. The number of nitrogens with zero attached hydrogens (tertiary/aromatic N) is 3. The summed E-state index contributed by atoms with van der Waals surface area (Å²) in [5, 5.41) is 4.60. The second-order valence-corrected chi connectivity index (χ2v) is 9.41. The maximum atomic E-state index is 12.5. The summed E-state index contributed by atoms with van der Waals surface area (Å²) in [6.07, 6.45) is 7.19. The highest BCUT2D eigenvalue weighted by Crippen LogP contribution is 2.37. The van der Waals surface area contributed by atoms with Crippen LogP contribution in [0.3, 0.4) is 0 Å². The van der Waals surface area contributed by atoms with Gasteiger partial charge in [-0.15, -0.1) is 0 Å². The Bertz CT molecular complexity index is 1440. The van der Waals surface area contributed by atoms with E-state index in [-0.39, 0.29) is 6.04 Å². The largest absolute Gasteiger partial charge is 0.481 e. The van der Waals surface area contributed by atoms with Gasteiger partial charge in [0, 0.05) is 43.7 Å². The summed E-state index contributed by atoms with van der Waals surface area (Å²) in [4.78, 5) is 33.7. The van der Waals surface area contributed by atoms with Gasteiger partial charge in [-0.1, -0.05) is 18.2 Å². The van der Waals surface area contributed by atoms with E-state index in [2.05, 4.69) is 21.3 Å². The van der Waals surface area contributed by atoms with E-state index in [1.165, 1.54) is 10.9 Å². The van der Waals surface area contributed by atoms with E-state index in [9.17, 15) is 9.59 Å². The highest BCUT2D eigenvalue weighted by Gasteiger charge is 2.33. The first-order valence-corrected chi connectivity index (χ1v) is 12.2. The van der Waals surface area contributed by atoms with Gasteiger partial charge >= 0.3 is 0 Å². The van der Waals surface area contributed by atoms with E-state index in [0.29, 0.717) is 23.8 Å². The summed E-state index contributed by atoms with van der Waals surface area (Å²) in [5.74, 6) is 0.557. The van der Waals surface area contributed by atoms with Crippen LogP contribution in [-0.2, 0) is 12.8 Å². The van der Waals surface area contributed by atoms with Crippen LogP contribution in [0, 0.1) is 0 Å². The monoisotopic (exact) mass is 472 g/mol. The van der Waals surface area contributed by atoms with E-state index < -0.39 is 10.9 Å². The molecule has 6 rings (SSSR count). The van der Waals surface area contributed by atoms with E-state index in [4.69, 9.17) is 9.15 Å². The number of aromatic nitrogens is 1. The first-order chi connectivity index (χ1) is 17.1. The van der Waals surface area contributed by atoms with E-state index in [1.54, 1.807) is 13.3 Å². The molecule has 1 saturated heterocycles. The number of likely N-dealkylation sites (tertiary alicyclic amines) is 1. The number of anilines is 3. The third-order valence-electron chi connectivity index (χ3n) is 7.40. The Kier molecular flexibility index (Phi) is 5.53. The summed E-state index contributed by atoms with van der Waals surface area (Å²) >= 11 is 0. The quantitative estimate of drug-likeness (QED) is 0.410. The number of hydrogen-bond donors (Lipinski definition) is 1. The van der Waals surface area contributed by atoms with Gasteiger partial charge in [0.25, 0.3) is 10.9 Å². The number of piperidine rings is 1. The molecule has 8 heteroatoms. The lowest BCUT2D eigenvalue weighted by molar-refractivity contribution is 0.221. The third kappa shape index (κ3) is 3.87. The van der Waals surface area contributed by atoms with Crippen molar-refractivity contribution in [3.63, 3.8) is 0 Å². The predicted octanol–water partition coefficient (Wildman–Crippen LogP) is 3.25. The molecule has 0 amide bonds. The molecule has 1 fully saturated rings. The minimum Gasteiger partial charge on any atom is -0.481 e. The molecule has 2 aromatic heterocycles. The fourth-order valence-electron chi connectivity index (χ4n) is 5.39. The normalized spacial score (nSPS) is 16.8. The molecule has 4 heterocycles. The Labute approximate surface area is 202 Å². The maximum absolute atomic E-state index is 12.5. The molecule has 180 valence electrons. The Balaban J connectivity index is 1.08. The molecule has 1 N–H and O–H groups in total. The van der Waals surface area contributed by atoms with Crippen molar-refractivity contribution in [2.75, 3.05) is 43.5 Å². The fourth-order valence-corrected chi connectivity index (χ4v) is 5.39. The molecule has 2 aliphatic rings. The number of hydrogen-bond acceptors (Lipinski definition) is 8. The van der Waals surface area contributed by atoms with E-state index in [0.717, 1.165) is 62.2 Å². The van der Waals surface area contributed by atoms with E-state index in [1.807, 2.05) is 35.4 Å². The molecule has 0 aliphatic carbocycles. The SMILES string of the molecule is COc1cc2c(cn1)N(c1c(NC3CCN(CCc4coc5ccccc45)CC3)c(=O)c1=O)CC2. The van der Waals surface area contributed by atoms with Gasteiger partial charge in [-0.25, -0.2) is 4.98 Å². The predicted molar refractivity (Wildman–Crippen MR) is 136 cm³/mol. The maximum Gasteiger partial charge on any atom is 0.253 e. The molecule has 35 heavy (non-hydrogen) atoms. The van der Waals surface area contributed by atoms with Crippen LogP contribution in [-0.4, -0.2) is 49.2 Å². The van der Waals surface area contributed by atoms with Crippen molar-refractivity contribution in [2.24, 2.45) is 0 Å². The van der Waals surface area contributed by atoms with Gasteiger partial charge in [-0.2, -0.15) is 0 Å². The Morgan fingerprint density at radius 3 is 2.80 bits per heavy atom. The lowest BCUT2D eigenvalue weighted by atomic mass is 10.0. The molecule has 2 aliphatic heterocycles. The Hall–Kier alpha value is -3.65. The minimum atomic E-state index is -0.416. The van der Waals surface area contributed by atoms with Crippen molar-refractivity contribution in [3.8, 4) is 5.88 Å². The molecule has 0 bridgehead atoms. The first kappa shape index (κ1) is 21.9. The van der Waals surface area contributed by atoms with Crippen LogP contribution in [0.1, 0.15) is 24.0 Å². The van der Waals surface area contributed by atoms with Gasteiger partial charge < -0.3 is 24.3 Å². The number of ether oxygens (including phenoxy) is 1. The van der Waals surface area contributed by atoms with Crippen molar-refractivity contribution in [2.45, 2.75) is 31.7 Å². The van der Waals surface area contributed by atoms with Gasteiger partial charge in [0.1, 0.15) is 17.0 Å². The molecule has 0 atom stereocenters. The van der Waals surface area contributed by atoms with Crippen LogP contribution in [0.4, 0.5) is 17.1 Å². The Morgan fingerprint density at radius 1 is 1.14 bits per heavy atom. The van der Waals surface area contributed by atoms with Crippen molar-refractivity contribution in [1.82, 2.24) is 9.88 Å². The van der Waals surface area contributed by atoms with Gasteiger partial charge in [-0.05, 0) is 42.9 Å². The molecule has 0 radical (unpaired) electrons. The average Bonchev–Trinajstić information content (AvgIpc) is 3.51. The lowest BCUT2D eigenvalue weighted by Crippen LogP contribution is -2.45. The number of para-hydroxylation sites is 1. The molecule has 4 aromatic rings. The molecule has 2 aromatic carbocycles. The summed E-state index contributed by atoms with van der Waals surface area (Å²) in [7, 11) is 1.59. The van der Waals surface area contributed by atoms with Gasteiger partial charge in [0.05, 0.1) is 25.3 Å². The van der Waals surface area contributed by atoms with Gasteiger partial charge in [-0.3, -0.25) is 9.59 Å². The van der Waals surface area contributed by atoms with Crippen LogP contribution in [0.25, 0.3) is 11.0 Å². The second kappa shape index (κ2) is 8.85. The van der Waals surface area contributed by atoms with Crippen LogP contribution in [0.15, 0.2) is 56.8 Å². The van der Waals surface area contributed by atoms with Crippen LogP contribution >= 0.6 is 0 Å². The molecular weight excluding hydrogens is 444 g/mol. The zero-order valence-electron chi connectivity index (χ0n) is 19.8. The van der Waals surface area contributed by atoms with Crippen molar-refractivity contribution in [3.05, 3.63) is 74.4 Å². The highest BCUT2D eigenvalue weighted by atomic mass is 16.5. The number of furan rings is 1. The Morgan fingerprint density at radius 2 is 1.97 bits per heavy atom. The van der Waals surface area contributed by atoms with Gasteiger partial charge in [0.2, 0.25) is 5.88 Å². The van der Waals surface area contributed by atoms with Crippen molar-refractivity contribution >= 4 is 28.0 Å². The zero-order valence-corrected chi connectivity index (χ0v) is 19.8. The number of rotatable bonds is 7. The summed E-state index contributed by atoms with van der Waals surface area (Å²) in [5.41, 5.74) is 4.25. The van der Waals surface area contributed by atoms with Crippen LogP contribution < -0.4 is 25.8 Å². The van der Waals surface area contributed by atoms with Crippen LogP contribution in [0.2, 0.25) is 0 Å². The molecule has 8 nitrogen and oxygen atoms in total. The van der Waals surface area contributed by atoms with Crippen LogP contribution in [0.5, 0.6) is 5.88 Å². The molecule has 0 spiro atoms. The molecular formula is C27H28N4O4. The highest BCUT2D eigenvalue weighted by molar-refractivity contribution is 5.83. The summed E-state index contributed by atoms with van der Waals surface area (Å²) < 4.78 is 10.9. The zero-order chi connectivity index (χ0) is 23.9. The third-order valence-corrected chi connectivity index (χ3v) is 7.40. The molecule has 0 unspecified atom stereocenters. The number of fused-ring (bicyclic) bond motifs is 2. The van der Waals surface area contributed by atoms with E-state index >= 15 is 0 Å². The number of pyridine rings is 1. The first-order valence-electron chi connectivity index (χ1n) is 12.2. The molecule has 0 saturated carbocycles. The van der Waals surface area contributed by atoms with Crippen molar-refractivity contribution < 1.29 is 9.15 Å². The summed E-state index contributed by atoms with van der Waals surface area (Å²) in [6.45, 7) is 3.54. The fraction of sp³-hybridized carbons (Fsp3) is 0.370. The topological polar surface area (TPSA) is 87.9 Å². The standard InChI is InChI=1S/C27H28N4O4/c1-34-23-14-17-7-13-31(21(17)15-28-23)25-24(26(32)27(25)33)29-19-8-11-30(12-9-19)10-6-18-16-35-22-5-3-2-4-20(18)22/h2-5,14-16,19,29H,6-13H2,1H3. The lowest BCUT2D eigenvalue weighted by Gasteiger charge is -2.34. The summed E-state index contributed by atoms with van der Waals surface area (Å²) in [6, 6.07) is 10.2.